The summed E-state index contributed by atoms with van der Waals surface area (Å²) in [6.07, 6.45) is 1.13. The molecule has 0 aromatic heterocycles. The fraction of sp³-hybridized carbons (Fsp3) is 0.381. The molecule has 27 heavy (non-hydrogen) atoms. The van der Waals surface area contributed by atoms with Crippen LogP contribution in [0.15, 0.2) is 48.5 Å². The number of hydrogen-bond acceptors (Lipinski definition) is 3. The van der Waals surface area contributed by atoms with Crippen LogP contribution in [0.25, 0.3) is 0 Å². The third-order valence-corrected chi connectivity index (χ3v) is 5.87. The Labute approximate surface area is 162 Å². The minimum absolute atomic E-state index is 0.134. The topological polar surface area (TPSA) is 66.5 Å². The number of sulfonamides is 1. The highest BCUT2D eigenvalue weighted by molar-refractivity contribution is 7.92. The fourth-order valence-electron chi connectivity index (χ4n) is 3.04. The number of benzene rings is 2. The largest absolute Gasteiger partial charge is 0.354 e. The maximum absolute atomic E-state index is 12.7. The summed E-state index contributed by atoms with van der Waals surface area (Å²) >= 11 is 0. The zero-order chi connectivity index (χ0) is 20.2. The van der Waals surface area contributed by atoms with E-state index >= 15 is 0 Å². The summed E-state index contributed by atoms with van der Waals surface area (Å²) in [6, 6.07) is 14.6. The predicted octanol–water partition coefficient (Wildman–Crippen LogP) is 3.38. The normalized spacial score (nSPS) is 13.7. The van der Waals surface area contributed by atoms with Gasteiger partial charge in [-0.15, -0.1) is 0 Å². The van der Waals surface area contributed by atoms with E-state index in [4.69, 9.17) is 0 Å². The number of nitrogens with one attached hydrogen (secondary N) is 1. The van der Waals surface area contributed by atoms with Gasteiger partial charge in [0.2, 0.25) is 15.9 Å². The van der Waals surface area contributed by atoms with E-state index in [-0.39, 0.29) is 11.8 Å². The van der Waals surface area contributed by atoms with Crippen molar-refractivity contribution in [3.63, 3.8) is 0 Å². The van der Waals surface area contributed by atoms with E-state index < -0.39 is 16.1 Å². The maximum atomic E-state index is 12.7. The quantitative estimate of drug-likeness (QED) is 0.791. The van der Waals surface area contributed by atoms with Crippen LogP contribution >= 0.6 is 0 Å². The SMILES string of the molecule is Cc1ccc(C)c(N([C@H](C)C(=O)NC[C@@H](C)c2ccccc2)S(C)(=O)=O)c1. The molecule has 2 rings (SSSR count). The first-order chi connectivity index (χ1) is 12.6. The Kier molecular flexibility index (Phi) is 6.65. The first-order valence-corrected chi connectivity index (χ1v) is 10.9. The van der Waals surface area contributed by atoms with Gasteiger partial charge < -0.3 is 5.32 Å². The molecule has 0 saturated heterocycles. The van der Waals surface area contributed by atoms with Crippen molar-refractivity contribution in [3.8, 4) is 0 Å². The van der Waals surface area contributed by atoms with Crippen LogP contribution in [0.1, 0.15) is 36.5 Å². The third-order valence-electron chi connectivity index (χ3n) is 4.64. The van der Waals surface area contributed by atoms with Crippen LogP contribution in [0, 0.1) is 13.8 Å². The molecule has 0 bridgehead atoms. The summed E-state index contributed by atoms with van der Waals surface area (Å²) in [4.78, 5) is 12.7. The van der Waals surface area contributed by atoms with Gasteiger partial charge in [0.05, 0.1) is 11.9 Å². The lowest BCUT2D eigenvalue weighted by atomic mass is 10.0. The van der Waals surface area contributed by atoms with Gasteiger partial charge in [-0.3, -0.25) is 9.10 Å². The van der Waals surface area contributed by atoms with Crippen LogP contribution in [-0.4, -0.2) is 33.2 Å². The molecule has 0 radical (unpaired) electrons. The van der Waals surface area contributed by atoms with Crippen molar-refractivity contribution in [1.29, 1.82) is 0 Å². The monoisotopic (exact) mass is 388 g/mol. The van der Waals surface area contributed by atoms with E-state index in [1.54, 1.807) is 13.0 Å². The Morgan fingerprint density at radius 3 is 2.30 bits per heavy atom. The Bertz CT molecular complexity index is 895. The van der Waals surface area contributed by atoms with E-state index in [0.717, 1.165) is 22.9 Å². The number of aryl methyl sites for hydroxylation is 2. The predicted molar refractivity (Wildman–Crippen MR) is 111 cm³/mol. The summed E-state index contributed by atoms with van der Waals surface area (Å²) < 4.78 is 26.1. The summed E-state index contributed by atoms with van der Waals surface area (Å²) in [5.74, 6) is -0.182. The van der Waals surface area contributed by atoms with Gasteiger partial charge >= 0.3 is 0 Å². The van der Waals surface area contributed by atoms with Crippen LogP contribution in [0.4, 0.5) is 5.69 Å². The van der Waals surface area contributed by atoms with E-state index in [1.807, 2.05) is 63.2 Å². The van der Waals surface area contributed by atoms with Crippen LogP contribution < -0.4 is 9.62 Å². The highest BCUT2D eigenvalue weighted by Gasteiger charge is 2.30. The minimum atomic E-state index is -3.62. The average molecular weight is 389 g/mol. The molecule has 0 heterocycles. The Morgan fingerprint density at radius 1 is 1.07 bits per heavy atom. The summed E-state index contributed by atoms with van der Waals surface area (Å²) in [5, 5.41) is 2.89. The molecular weight excluding hydrogens is 360 g/mol. The number of hydrogen-bond donors (Lipinski definition) is 1. The van der Waals surface area contributed by atoms with E-state index in [9.17, 15) is 13.2 Å². The first-order valence-electron chi connectivity index (χ1n) is 9.00. The molecule has 0 saturated carbocycles. The molecule has 6 heteroatoms. The van der Waals surface area contributed by atoms with Gasteiger partial charge in [0.25, 0.3) is 0 Å². The first kappa shape index (κ1) is 21.0. The lowest BCUT2D eigenvalue weighted by molar-refractivity contribution is -0.121. The van der Waals surface area contributed by atoms with Crippen LogP contribution in [0.5, 0.6) is 0 Å². The minimum Gasteiger partial charge on any atom is -0.354 e. The number of carbonyl (C=O) groups excluding carboxylic acids is 1. The van der Waals surface area contributed by atoms with Crippen molar-refractivity contribution in [3.05, 3.63) is 65.2 Å². The van der Waals surface area contributed by atoms with Crippen molar-refractivity contribution in [2.24, 2.45) is 0 Å². The highest BCUT2D eigenvalue weighted by atomic mass is 32.2. The van der Waals surface area contributed by atoms with Crippen molar-refractivity contribution in [2.75, 3.05) is 17.1 Å². The van der Waals surface area contributed by atoms with Crippen LogP contribution in [0.3, 0.4) is 0 Å². The van der Waals surface area contributed by atoms with Gasteiger partial charge in [-0.2, -0.15) is 0 Å². The van der Waals surface area contributed by atoms with Gasteiger partial charge in [-0.25, -0.2) is 8.42 Å². The molecule has 5 nitrogen and oxygen atoms in total. The summed E-state index contributed by atoms with van der Waals surface area (Å²) in [5.41, 5.74) is 3.41. The lowest BCUT2D eigenvalue weighted by Gasteiger charge is -2.30. The molecule has 0 aliphatic rings. The molecule has 0 unspecified atom stereocenters. The molecule has 0 aliphatic heterocycles. The molecule has 1 amide bonds. The van der Waals surface area contributed by atoms with Gasteiger partial charge in [-0.1, -0.05) is 49.4 Å². The molecular formula is C21H28N2O3S. The fourth-order valence-corrected chi connectivity index (χ4v) is 4.26. The highest BCUT2D eigenvalue weighted by Crippen LogP contribution is 2.26. The molecule has 0 aliphatic carbocycles. The standard InChI is InChI=1S/C21H28N2O3S/c1-15-11-12-16(2)20(13-15)23(27(5,25)26)18(4)21(24)22-14-17(3)19-9-7-6-8-10-19/h6-13,17-18H,14H2,1-5H3,(H,22,24)/t17-,18-/m1/s1. The number of anilines is 1. The number of carbonyl (C=O) groups is 1. The van der Waals surface area contributed by atoms with E-state index in [2.05, 4.69) is 5.32 Å². The molecule has 0 fully saturated rings. The van der Waals surface area contributed by atoms with Crippen LogP contribution in [-0.2, 0) is 14.8 Å². The van der Waals surface area contributed by atoms with Crippen molar-refractivity contribution in [1.82, 2.24) is 5.32 Å². The summed E-state index contributed by atoms with van der Waals surface area (Å²) in [6.45, 7) is 7.83. The molecule has 2 atom stereocenters. The molecule has 2 aromatic rings. The lowest BCUT2D eigenvalue weighted by Crippen LogP contribution is -2.48. The zero-order valence-corrected chi connectivity index (χ0v) is 17.4. The molecule has 2 aromatic carbocycles. The van der Waals surface area contributed by atoms with Gasteiger partial charge in [0.1, 0.15) is 6.04 Å². The zero-order valence-electron chi connectivity index (χ0n) is 16.6. The Morgan fingerprint density at radius 2 is 1.70 bits per heavy atom. The van der Waals surface area contributed by atoms with Gasteiger partial charge in [0.15, 0.2) is 0 Å². The van der Waals surface area contributed by atoms with E-state index in [1.165, 1.54) is 4.31 Å². The second kappa shape index (κ2) is 8.57. The number of amides is 1. The second-order valence-electron chi connectivity index (χ2n) is 7.08. The molecule has 0 spiro atoms. The summed E-state index contributed by atoms with van der Waals surface area (Å²) in [7, 11) is -3.62. The third kappa shape index (κ3) is 5.32. The van der Waals surface area contributed by atoms with Crippen molar-refractivity contribution < 1.29 is 13.2 Å². The van der Waals surface area contributed by atoms with E-state index in [0.29, 0.717) is 12.2 Å². The van der Waals surface area contributed by atoms with Crippen molar-refractivity contribution in [2.45, 2.75) is 39.7 Å². The van der Waals surface area contributed by atoms with Crippen molar-refractivity contribution >= 4 is 21.6 Å². The van der Waals surface area contributed by atoms with Gasteiger partial charge in [0, 0.05) is 6.54 Å². The number of nitrogens with zero attached hydrogens (tertiary/aromatic N) is 1. The average Bonchev–Trinajstić information content (AvgIpc) is 2.62. The number of rotatable bonds is 7. The Balaban J connectivity index is 2.19. The maximum Gasteiger partial charge on any atom is 0.243 e. The molecule has 1 N–H and O–H groups in total. The Hall–Kier alpha value is -2.34. The smallest absolute Gasteiger partial charge is 0.243 e. The van der Waals surface area contributed by atoms with Gasteiger partial charge in [-0.05, 0) is 49.4 Å². The van der Waals surface area contributed by atoms with Crippen LogP contribution in [0.2, 0.25) is 0 Å². The second-order valence-corrected chi connectivity index (χ2v) is 8.94. The molecule has 146 valence electrons.